The zero-order chi connectivity index (χ0) is 18.1. The molecule has 2 saturated carbocycles. The highest BCUT2D eigenvalue weighted by molar-refractivity contribution is 5.85. The van der Waals surface area contributed by atoms with Crippen molar-refractivity contribution in [1.29, 1.82) is 0 Å². The zero-order valence-corrected chi connectivity index (χ0v) is 17.1. The molecular weight excluding hydrogens is 364 g/mol. The molecule has 3 atom stereocenters. The molecule has 2 fully saturated rings. The third kappa shape index (κ3) is 4.49. The van der Waals surface area contributed by atoms with Crippen molar-refractivity contribution in [2.24, 2.45) is 11.7 Å². The fraction of sp³-hybridized carbons (Fsp3) is 0.800. The van der Waals surface area contributed by atoms with E-state index in [2.05, 4.69) is 22.0 Å². The quantitative estimate of drug-likeness (QED) is 0.801. The first-order valence-electron chi connectivity index (χ1n) is 10.4. The van der Waals surface area contributed by atoms with Gasteiger partial charge < -0.3 is 15.4 Å². The molecule has 0 radical (unpaired) electrons. The maximum atomic E-state index is 13.1. The number of nitrogens with one attached hydrogen (secondary N) is 1. The van der Waals surface area contributed by atoms with E-state index in [-0.39, 0.29) is 30.5 Å². The Bertz CT molecular complexity index is 646. The number of hydrogen-bond acceptors (Lipinski definition) is 4. The van der Waals surface area contributed by atoms with E-state index in [1.807, 2.05) is 0 Å². The molecule has 0 saturated heterocycles. The number of H-pyrrole nitrogens is 1. The Morgan fingerprint density at radius 2 is 2.04 bits per heavy atom. The molecule has 7 heteroatoms. The highest BCUT2D eigenvalue weighted by atomic mass is 35.5. The van der Waals surface area contributed by atoms with Gasteiger partial charge in [-0.2, -0.15) is 5.10 Å². The summed E-state index contributed by atoms with van der Waals surface area (Å²) in [4.78, 5) is 15.2. The number of halogens is 1. The second-order valence-electron chi connectivity index (χ2n) is 8.25. The summed E-state index contributed by atoms with van der Waals surface area (Å²) >= 11 is 0. The van der Waals surface area contributed by atoms with Crippen LogP contribution in [0.15, 0.2) is 0 Å². The van der Waals surface area contributed by atoms with Crippen molar-refractivity contribution in [1.82, 2.24) is 15.1 Å². The summed E-state index contributed by atoms with van der Waals surface area (Å²) in [6.07, 6.45) is 7.93. The first-order chi connectivity index (χ1) is 12.7. The molecule has 1 aliphatic heterocycles. The molecular formula is C20H33ClN4O2. The van der Waals surface area contributed by atoms with E-state index in [4.69, 9.17) is 10.5 Å². The Hall–Kier alpha value is -1.11. The molecule has 2 heterocycles. The van der Waals surface area contributed by atoms with Crippen LogP contribution in [-0.2, 0) is 22.4 Å². The zero-order valence-electron chi connectivity index (χ0n) is 16.3. The molecule has 3 aliphatic rings. The second kappa shape index (κ2) is 8.93. The largest absolute Gasteiger partial charge is 0.377 e. The normalized spacial score (nSPS) is 28.2. The van der Waals surface area contributed by atoms with Gasteiger partial charge in [0.25, 0.3) is 0 Å². The van der Waals surface area contributed by atoms with Gasteiger partial charge >= 0.3 is 0 Å². The van der Waals surface area contributed by atoms with E-state index in [0.717, 1.165) is 58.2 Å². The molecule has 0 aromatic carbocycles. The lowest BCUT2D eigenvalue weighted by atomic mass is 9.83. The van der Waals surface area contributed by atoms with Crippen LogP contribution in [0, 0.1) is 5.92 Å². The molecule has 152 valence electrons. The average molecular weight is 397 g/mol. The van der Waals surface area contributed by atoms with Gasteiger partial charge in [-0.1, -0.05) is 6.92 Å². The van der Waals surface area contributed by atoms with Crippen LogP contribution in [0.5, 0.6) is 0 Å². The van der Waals surface area contributed by atoms with Crippen LogP contribution in [0.4, 0.5) is 0 Å². The summed E-state index contributed by atoms with van der Waals surface area (Å²) in [7, 11) is 0. The number of carbonyl (C=O) groups is 1. The summed E-state index contributed by atoms with van der Waals surface area (Å²) in [6.45, 7) is 4.44. The van der Waals surface area contributed by atoms with Gasteiger partial charge in [0.2, 0.25) is 5.91 Å². The first-order valence-corrected chi connectivity index (χ1v) is 10.4. The standard InChI is InChI=1S/C20H32N4O2.ClH/c1-2-11-26-18-12-14(5-6-16(18)21)20(25)24-9-7-15-17(8-10-24)22-23-19(15)13-3-4-13;/h13-14,16,18H,2-12,21H2,1H3,(H,22,23);1H/t14-,16+,18+;/m0./s1. The molecule has 27 heavy (non-hydrogen) atoms. The van der Waals surface area contributed by atoms with Gasteiger partial charge in [0, 0.05) is 49.7 Å². The van der Waals surface area contributed by atoms with E-state index < -0.39 is 0 Å². The summed E-state index contributed by atoms with van der Waals surface area (Å²) in [5.41, 5.74) is 10.1. The van der Waals surface area contributed by atoms with Gasteiger partial charge in [0.1, 0.15) is 0 Å². The van der Waals surface area contributed by atoms with Crippen molar-refractivity contribution in [2.45, 2.75) is 76.4 Å². The molecule has 0 unspecified atom stereocenters. The predicted octanol–water partition coefficient (Wildman–Crippen LogP) is 2.56. The molecule has 2 aliphatic carbocycles. The van der Waals surface area contributed by atoms with Crippen molar-refractivity contribution in [3.63, 3.8) is 0 Å². The first kappa shape index (κ1) is 20.6. The Morgan fingerprint density at radius 1 is 1.26 bits per heavy atom. The Balaban J connectivity index is 0.00000210. The lowest BCUT2D eigenvalue weighted by Crippen LogP contribution is -2.47. The maximum Gasteiger partial charge on any atom is 0.225 e. The van der Waals surface area contributed by atoms with Crippen LogP contribution in [-0.4, -0.2) is 52.8 Å². The maximum absolute atomic E-state index is 13.1. The number of fused-ring (bicyclic) bond motifs is 1. The summed E-state index contributed by atoms with van der Waals surface area (Å²) < 4.78 is 5.92. The van der Waals surface area contributed by atoms with E-state index in [1.165, 1.54) is 29.8 Å². The molecule has 3 N–H and O–H groups in total. The van der Waals surface area contributed by atoms with E-state index in [0.29, 0.717) is 11.8 Å². The molecule has 6 nitrogen and oxygen atoms in total. The van der Waals surface area contributed by atoms with Crippen LogP contribution in [0.3, 0.4) is 0 Å². The highest BCUT2D eigenvalue weighted by Gasteiger charge is 2.36. The van der Waals surface area contributed by atoms with E-state index >= 15 is 0 Å². The van der Waals surface area contributed by atoms with Crippen LogP contribution in [0.25, 0.3) is 0 Å². The predicted molar refractivity (Wildman–Crippen MR) is 107 cm³/mol. The van der Waals surface area contributed by atoms with Crippen molar-refractivity contribution in [2.75, 3.05) is 19.7 Å². The fourth-order valence-corrected chi connectivity index (χ4v) is 4.52. The number of nitrogens with two attached hydrogens (primary N) is 1. The van der Waals surface area contributed by atoms with Crippen LogP contribution < -0.4 is 5.73 Å². The van der Waals surface area contributed by atoms with E-state index in [9.17, 15) is 4.79 Å². The lowest BCUT2D eigenvalue weighted by Gasteiger charge is -2.35. The van der Waals surface area contributed by atoms with Gasteiger partial charge in [-0.25, -0.2) is 0 Å². The number of ether oxygens (including phenoxy) is 1. The van der Waals surface area contributed by atoms with Gasteiger partial charge in [-0.3, -0.25) is 9.89 Å². The summed E-state index contributed by atoms with van der Waals surface area (Å²) in [5, 5.41) is 7.79. The third-order valence-corrected chi connectivity index (χ3v) is 6.25. The molecule has 1 aromatic heterocycles. The summed E-state index contributed by atoms with van der Waals surface area (Å²) in [5.74, 6) is 1.02. The van der Waals surface area contributed by atoms with Crippen molar-refractivity contribution >= 4 is 18.3 Å². The number of amides is 1. The Labute approximate surface area is 168 Å². The Morgan fingerprint density at radius 3 is 2.78 bits per heavy atom. The monoisotopic (exact) mass is 396 g/mol. The average Bonchev–Trinajstić information content (AvgIpc) is 3.45. The third-order valence-electron chi connectivity index (χ3n) is 6.25. The van der Waals surface area contributed by atoms with Crippen LogP contribution in [0.1, 0.15) is 68.3 Å². The van der Waals surface area contributed by atoms with Crippen molar-refractivity contribution in [3.05, 3.63) is 17.0 Å². The van der Waals surface area contributed by atoms with Gasteiger partial charge in [0.05, 0.1) is 11.8 Å². The van der Waals surface area contributed by atoms with Crippen LogP contribution in [0.2, 0.25) is 0 Å². The molecule has 0 spiro atoms. The minimum absolute atomic E-state index is 0. The number of carbonyl (C=O) groups excluding carboxylic acids is 1. The Kier molecular flexibility index (Phi) is 6.82. The number of aromatic nitrogens is 2. The summed E-state index contributed by atoms with van der Waals surface area (Å²) in [6, 6.07) is 0.0710. The minimum atomic E-state index is 0. The topological polar surface area (TPSA) is 84.2 Å². The van der Waals surface area contributed by atoms with Crippen molar-refractivity contribution in [3.8, 4) is 0 Å². The lowest BCUT2D eigenvalue weighted by molar-refractivity contribution is -0.138. The molecule has 1 aromatic rings. The SMILES string of the molecule is CCCO[C@@H]1C[C@@H](C(=O)N2CCc3[nH]nc(C4CC4)c3CC2)CC[C@H]1N.Cl. The van der Waals surface area contributed by atoms with Crippen LogP contribution >= 0.6 is 12.4 Å². The molecule has 1 amide bonds. The smallest absolute Gasteiger partial charge is 0.225 e. The van der Waals surface area contributed by atoms with Gasteiger partial charge in [-0.05, 0) is 50.5 Å². The number of hydrogen-bond donors (Lipinski definition) is 2. The van der Waals surface area contributed by atoms with E-state index in [1.54, 1.807) is 0 Å². The number of rotatable bonds is 5. The molecule has 4 rings (SSSR count). The second-order valence-corrected chi connectivity index (χ2v) is 8.25. The van der Waals surface area contributed by atoms with Gasteiger partial charge in [0.15, 0.2) is 0 Å². The van der Waals surface area contributed by atoms with Crippen molar-refractivity contribution < 1.29 is 9.53 Å². The minimum Gasteiger partial charge on any atom is -0.377 e. The molecule has 0 bridgehead atoms. The fourth-order valence-electron chi connectivity index (χ4n) is 4.52. The number of nitrogens with zero attached hydrogens (tertiary/aromatic N) is 2. The highest BCUT2D eigenvalue weighted by Crippen LogP contribution is 2.41. The number of aromatic amines is 1. The van der Waals surface area contributed by atoms with Gasteiger partial charge in [-0.15, -0.1) is 12.4 Å².